The van der Waals surface area contributed by atoms with Crippen LogP contribution in [0.4, 0.5) is 5.69 Å². The van der Waals surface area contributed by atoms with Gasteiger partial charge in [-0.1, -0.05) is 54.6 Å². The molecule has 1 aromatic heterocycles. The second-order valence-corrected chi connectivity index (χ2v) is 6.97. The Kier molecular flexibility index (Phi) is 4.87. The molecule has 26 heavy (non-hydrogen) atoms. The lowest BCUT2D eigenvalue weighted by Gasteiger charge is -2.19. The molecule has 2 aromatic carbocycles. The van der Waals surface area contributed by atoms with Crippen molar-refractivity contribution < 1.29 is 4.79 Å². The Labute approximate surface area is 154 Å². The minimum atomic E-state index is -0.385. The number of anilines is 1. The lowest BCUT2D eigenvalue weighted by atomic mass is 9.93. The highest BCUT2D eigenvalue weighted by Gasteiger charge is 2.15. The number of hydrogen-bond donors (Lipinski definition) is 2. The second-order valence-electron chi connectivity index (χ2n) is 6.97. The number of benzene rings is 2. The highest BCUT2D eigenvalue weighted by molar-refractivity contribution is 5.91. The van der Waals surface area contributed by atoms with E-state index < -0.39 is 0 Å². The lowest BCUT2D eigenvalue weighted by Crippen LogP contribution is -2.28. The van der Waals surface area contributed by atoms with Crippen LogP contribution < -0.4 is 11.1 Å². The number of carbonyl (C=O) groups excluding carboxylic acids is 1. The van der Waals surface area contributed by atoms with Crippen molar-refractivity contribution in [2.24, 2.45) is 5.73 Å². The van der Waals surface area contributed by atoms with Crippen molar-refractivity contribution in [1.29, 1.82) is 0 Å². The number of carbonyl (C=O) groups is 1. The largest absolute Gasteiger partial charge is 0.325 e. The molecule has 0 unspecified atom stereocenters. The van der Waals surface area contributed by atoms with Gasteiger partial charge in [0.1, 0.15) is 0 Å². The van der Waals surface area contributed by atoms with E-state index in [1.54, 1.807) is 6.20 Å². The Morgan fingerprint density at radius 3 is 2.23 bits per heavy atom. The van der Waals surface area contributed by atoms with E-state index in [0.29, 0.717) is 5.69 Å². The van der Waals surface area contributed by atoms with Gasteiger partial charge in [-0.3, -0.25) is 9.78 Å². The van der Waals surface area contributed by atoms with Gasteiger partial charge in [-0.25, -0.2) is 0 Å². The first-order valence-corrected chi connectivity index (χ1v) is 8.57. The Morgan fingerprint density at radius 1 is 1.00 bits per heavy atom. The van der Waals surface area contributed by atoms with Crippen molar-refractivity contribution in [3.63, 3.8) is 0 Å². The summed E-state index contributed by atoms with van der Waals surface area (Å²) >= 11 is 0. The number of rotatable bonds is 4. The third-order valence-corrected chi connectivity index (χ3v) is 4.20. The molecule has 0 atom stereocenters. The standard InChI is InChI=1S/C22H23N3O/c1-15(26)25-19-13-20(16-7-5-4-6-8-16)21(24-14-19)17-9-11-18(12-10-17)22(2,3)23/h4-14H,23H2,1-3H3,(H,25,26). The van der Waals surface area contributed by atoms with Gasteiger partial charge < -0.3 is 11.1 Å². The summed E-state index contributed by atoms with van der Waals surface area (Å²) < 4.78 is 0. The molecule has 3 N–H and O–H groups in total. The smallest absolute Gasteiger partial charge is 0.221 e. The summed E-state index contributed by atoms with van der Waals surface area (Å²) in [5.41, 5.74) is 11.4. The zero-order chi connectivity index (χ0) is 18.7. The van der Waals surface area contributed by atoms with Gasteiger partial charge in [-0.05, 0) is 31.0 Å². The maximum absolute atomic E-state index is 11.4. The Bertz CT molecular complexity index is 910. The quantitative estimate of drug-likeness (QED) is 0.728. The molecule has 0 spiro atoms. The number of nitrogens with two attached hydrogens (primary N) is 1. The number of nitrogens with one attached hydrogen (secondary N) is 1. The minimum absolute atomic E-state index is 0.118. The van der Waals surface area contributed by atoms with Gasteiger partial charge >= 0.3 is 0 Å². The molecule has 0 aliphatic heterocycles. The maximum atomic E-state index is 11.4. The molecule has 1 amide bonds. The topological polar surface area (TPSA) is 68.0 Å². The molecule has 3 aromatic rings. The van der Waals surface area contributed by atoms with Gasteiger partial charge in [0.05, 0.1) is 17.6 Å². The molecule has 0 radical (unpaired) electrons. The Hall–Kier alpha value is -2.98. The molecule has 132 valence electrons. The molecule has 4 heteroatoms. The van der Waals surface area contributed by atoms with Crippen LogP contribution in [0.1, 0.15) is 26.3 Å². The van der Waals surface area contributed by atoms with Crippen molar-refractivity contribution in [2.75, 3.05) is 5.32 Å². The minimum Gasteiger partial charge on any atom is -0.325 e. The number of nitrogens with zero attached hydrogens (tertiary/aromatic N) is 1. The van der Waals surface area contributed by atoms with E-state index in [1.165, 1.54) is 6.92 Å². The fraction of sp³-hybridized carbons (Fsp3) is 0.182. The average Bonchev–Trinajstić information content (AvgIpc) is 2.61. The van der Waals surface area contributed by atoms with Crippen LogP contribution in [0.2, 0.25) is 0 Å². The highest BCUT2D eigenvalue weighted by Crippen LogP contribution is 2.33. The fourth-order valence-corrected chi connectivity index (χ4v) is 2.86. The molecule has 3 rings (SSSR count). The van der Waals surface area contributed by atoms with Crippen LogP contribution in [0.25, 0.3) is 22.4 Å². The number of pyridine rings is 1. The fourth-order valence-electron chi connectivity index (χ4n) is 2.86. The van der Waals surface area contributed by atoms with E-state index >= 15 is 0 Å². The van der Waals surface area contributed by atoms with Crippen LogP contribution >= 0.6 is 0 Å². The van der Waals surface area contributed by atoms with Crippen molar-refractivity contribution in [2.45, 2.75) is 26.3 Å². The third-order valence-electron chi connectivity index (χ3n) is 4.20. The van der Waals surface area contributed by atoms with Crippen molar-refractivity contribution in [1.82, 2.24) is 4.98 Å². The van der Waals surface area contributed by atoms with E-state index in [1.807, 2.05) is 74.5 Å². The maximum Gasteiger partial charge on any atom is 0.221 e. The summed E-state index contributed by atoms with van der Waals surface area (Å²) in [5.74, 6) is -0.118. The number of aromatic nitrogens is 1. The van der Waals surface area contributed by atoms with Crippen molar-refractivity contribution in [3.8, 4) is 22.4 Å². The molecule has 0 fully saturated rings. The van der Waals surface area contributed by atoms with Gasteiger partial charge in [0, 0.05) is 23.6 Å². The van der Waals surface area contributed by atoms with Crippen LogP contribution in [0.15, 0.2) is 66.9 Å². The molecule has 0 aliphatic carbocycles. The van der Waals surface area contributed by atoms with Gasteiger partial charge in [0.15, 0.2) is 0 Å². The second kappa shape index (κ2) is 7.10. The van der Waals surface area contributed by atoms with Crippen LogP contribution in [-0.4, -0.2) is 10.9 Å². The molecule has 0 saturated heterocycles. The zero-order valence-electron chi connectivity index (χ0n) is 15.3. The number of hydrogen-bond acceptors (Lipinski definition) is 3. The van der Waals surface area contributed by atoms with Gasteiger partial charge in [0.25, 0.3) is 0 Å². The predicted molar refractivity (Wildman–Crippen MR) is 107 cm³/mol. The van der Waals surface area contributed by atoms with E-state index in [9.17, 15) is 4.79 Å². The van der Waals surface area contributed by atoms with E-state index in [-0.39, 0.29) is 11.4 Å². The summed E-state index contributed by atoms with van der Waals surface area (Å²) in [5, 5.41) is 2.80. The highest BCUT2D eigenvalue weighted by atomic mass is 16.1. The SMILES string of the molecule is CC(=O)Nc1cnc(-c2ccc(C(C)(C)N)cc2)c(-c2ccccc2)c1. The first kappa shape index (κ1) is 17.8. The average molecular weight is 345 g/mol. The summed E-state index contributed by atoms with van der Waals surface area (Å²) in [6, 6.07) is 20.1. The Morgan fingerprint density at radius 2 is 1.65 bits per heavy atom. The molecular formula is C22H23N3O. The molecular weight excluding hydrogens is 322 g/mol. The summed E-state index contributed by atoms with van der Waals surface area (Å²) in [6.45, 7) is 5.46. The monoisotopic (exact) mass is 345 g/mol. The van der Waals surface area contributed by atoms with Gasteiger partial charge in [-0.15, -0.1) is 0 Å². The van der Waals surface area contributed by atoms with Crippen LogP contribution in [0, 0.1) is 0 Å². The summed E-state index contributed by atoms with van der Waals surface area (Å²) in [4.78, 5) is 16.0. The molecule has 0 aliphatic rings. The molecule has 4 nitrogen and oxygen atoms in total. The Balaban J connectivity index is 2.10. The van der Waals surface area contributed by atoms with E-state index in [2.05, 4.69) is 10.3 Å². The molecule has 0 bridgehead atoms. The van der Waals surface area contributed by atoms with Crippen molar-refractivity contribution in [3.05, 3.63) is 72.4 Å². The normalized spacial score (nSPS) is 11.2. The molecule has 0 saturated carbocycles. The first-order valence-electron chi connectivity index (χ1n) is 8.57. The number of amides is 1. The third kappa shape index (κ3) is 3.98. The molecule has 1 heterocycles. The van der Waals surface area contributed by atoms with Gasteiger partial charge in [0.2, 0.25) is 5.91 Å². The van der Waals surface area contributed by atoms with E-state index in [0.717, 1.165) is 27.9 Å². The lowest BCUT2D eigenvalue weighted by molar-refractivity contribution is -0.114. The zero-order valence-corrected chi connectivity index (χ0v) is 15.3. The van der Waals surface area contributed by atoms with Crippen molar-refractivity contribution >= 4 is 11.6 Å². The van der Waals surface area contributed by atoms with Gasteiger partial charge in [-0.2, -0.15) is 0 Å². The van der Waals surface area contributed by atoms with Crippen LogP contribution in [0.3, 0.4) is 0 Å². The first-order chi connectivity index (χ1) is 12.3. The van der Waals surface area contributed by atoms with E-state index in [4.69, 9.17) is 5.73 Å². The summed E-state index contributed by atoms with van der Waals surface area (Å²) in [6.07, 6.45) is 1.68. The van der Waals surface area contributed by atoms with Crippen LogP contribution in [0.5, 0.6) is 0 Å². The van der Waals surface area contributed by atoms with Crippen LogP contribution in [-0.2, 0) is 10.3 Å². The summed E-state index contributed by atoms with van der Waals surface area (Å²) in [7, 11) is 0. The predicted octanol–water partition coefficient (Wildman–Crippen LogP) is 4.57.